The van der Waals surface area contributed by atoms with Crippen LogP contribution in [0.4, 0.5) is 0 Å². The van der Waals surface area contributed by atoms with Gasteiger partial charge in [0, 0.05) is 25.4 Å². The number of rotatable bonds is 12. The number of nitrogens with one attached hydrogen (secondary N) is 1. The molecule has 2 rings (SSSR count). The predicted octanol–water partition coefficient (Wildman–Crippen LogP) is 2.78. The molecule has 7 nitrogen and oxygen atoms in total. The Morgan fingerprint density at radius 3 is 2.50 bits per heavy atom. The second kappa shape index (κ2) is 11.4. The Kier molecular flexibility index (Phi) is 9.22. The average molecular weight is 460 g/mol. The summed E-state index contributed by atoms with van der Waals surface area (Å²) >= 11 is 0. The third kappa shape index (κ3) is 7.61. The highest BCUT2D eigenvalue weighted by atomic mass is 32.2. The Labute approximate surface area is 191 Å². The zero-order valence-electron chi connectivity index (χ0n) is 18.9. The number of sulfonamides is 1. The van der Waals surface area contributed by atoms with Crippen LogP contribution in [0.3, 0.4) is 0 Å². The summed E-state index contributed by atoms with van der Waals surface area (Å²) in [5.74, 6) is 0.497. The molecule has 0 bridgehead atoms. The normalized spacial score (nSPS) is 13.9. The van der Waals surface area contributed by atoms with Crippen LogP contribution >= 0.6 is 0 Å². The van der Waals surface area contributed by atoms with Crippen molar-refractivity contribution in [3.63, 3.8) is 0 Å². The van der Waals surface area contributed by atoms with E-state index in [4.69, 9.17) is 15.7 Å². The zero-order chi connectivity index (χ0) is 23.8. The molecule has 0 aliphatic carbocycles. The summed E-state index contributed by atoms with van der Waals surface area (Å²) in [7, 11) is -2.34. The van der Waals surface area contributed by atoms with E-state index in [0.29, 0.717) is 30.6 Å². The first-order valence-electron chi connectivity index (χ1n) is 10.6. The number of benzene rings is 2. The van der Waals surface area contributed by atoms with Gasteiger partial charge in [-0.15, -0.1) is 0 Å². The van der Waals surface area contributed by atoms with E-state index in [-0.39, 0.29) is 23.3 Å². The summed E-state index contributed by atoms with van der Waals surface area (Å²) in [4.78, 5) is 0.0837. The quantitative estimate of drug-likeness (QED) is 0.448. The molecule has 4 N–H and O–H groups in total. The molecule has 8 heteroatoms. The lowest BCUT2D eigenvalue weighted by Crippen LogP contribution is -2.39. The van der Waals surface area contributed by atoms with Crippen molar-refractivity contribution in [3.8, 4) is 11.8 Å². The highest BCUT2D eigenvalue weighted by molar-refractivity contribution is 7.89. The number of nitriles is 1. The van der Waals surface area contributed by atoms with Crippen molar-refractivity contribution in [2.75, 3.05) is 13.7 Å². The minimum atomic E-state index is -3.84. The van der Waals surface area contributed by atoms with Crippen molar-refractivity contribution in [2.45, 2.75) is 56.6 Å². The Morgan fingerprint density at radius 2 is 1.88 bits per heavy atom. The summed E-state index contributed by atoms with van der Waals surface area (Å²) in [5.41, 5.74) is 7.28. The smallest absolute Gasteiger partial charge is 0.240 e. The summed E-state index contributed by atoms with van der Waals surface area (Å²) in [6.45, 7) is 4.01. The van der Waals surface area contributed by atoms with Crippen LogP contribution in [0.5, 0.6) is 5.75 Å². The molecule has 0 saturated carbocycles. The van der Waals surface area contributed by atoms with Crippen molar-refractivity contribution < 1.29 is 18.3 Å². The molecule has 0 fully saturated rings. The molecule has 2 unspecified atom stereocenters. The number of hydrogen-bond donors (Lipinski definition) is 3. The van der Waals surface area contributed by atoms with Gasteiger partial charge in [0.05, 0.1) is 24.2 Å². The molecule has 2 aromatic carbocycles. The first-order chi connectivity index (χ1) is 15.1. The Balaban J connectivity index is 2.20. The first-order valence-corrected chi connectivity index (χ1v) is 12.1. The van der Waals surface area contributed by atoms with E-state index in [1.807, 2.05) is 44.2 Å². The monoisotopic (exact) mass is 459 g/mol. The van der Waals surface area contributed by atoms with Crippen LogP contribution in [0.15, 0.2) is 53.4 Å². The minimum absolute atomic E-state index is 0.0687. The predicted molar refractivity (Wildman–Crippen MR) is 125 cm³/mol. The molecular formula is C24H33N3O4S. The summed E-state index contributed by atoms with van der Waals surface area (Å²) < 4.78 is 34.1. The van der Waals surface area contributed by atoms with Gasteiger partial charge >= 0.3 is 0 Å². The van der Waals surface area contributed by atoms with Gasteiger partial charge in [-0.2, -0.15) is 5.26 Å². The van der Waals surface area contributed by atoms with Crippen molar-refractivity contribution in [1.82, 2.24) is 4.72 Å². The number of hydrogen-bond acceptors (Lipinski definition) is 6. The van der Waals surface area contributed by atoms with Crippen LogP contribution in [0.25, 0.3) is 0 Å². The zero-order valence-corrected chi connectivity index (χ0v) is 19.7. The average Bonchev–Trinajstić information content (AvgIpc) is 2.77. The van der Waals surface area contributed by atoms with E-state index < -0.39 is 22.2 Å². The fraction of sp³-hybridized carbons (Fsp3) is 0.458. The number of aliphatic hydroxyl groups excluding tert-OH is 1. The molecule has 0 aliphatic heterocycles. The van der Waals surface area contributed by atoms with Gasteiger partial charge in [-0.25, -0.2) is 13.1 Å². The van der Waals surface area contributed by atoms with Gasteiger partial charge in [0.25, 0.3) is 0 Å². The molecule has 32 heavy (non-hydrogen) atoms. The SMILES string of the molecule is COc1ccc(S(=O)(=O)NCC(C)(C)CCC#N)c(CC(O)C(N)Cc2ccccc2)c1. The lowest BCUT2D eigenvalue weighted by molar-refractivity contribution is 0.143. The second-order valence-electron chi connectivity index (χ2n) is 8.75. The molecule has 0 saturated heterocycles. The van der Waals surface area contributed by atoms with Crippen LogP contribution in [-0.2, 0) is 22.9 Å². The summed E-state index contributed by atoms with van der Waals surface area (Å²) in [6.07, 6.45) is 0.532. The molecular weight excluding hydrogens is 426 g/mol. The van der Waals surface area contributed by atoms with E-state index in [2.05, 4.69) is 10.8 Å². The lowest BCUT2D eigenvalue weighted by Gasteiger charge is -2.25. The van der Waals surface area contributed by atoms with E-state index in [0.717, 1.165) is 5.56 Å². The van der Waals surface area contributed by atoms with Crippen molar-refractivity contribution in [1.29, 1.82) is 5.26 Å². The van der Waals surface area contributed by atoms with Gasteiger partial charge in [0.1, 0.15) is 5.75 Å². The minimum Gasteiger partial charge on any atom is -0.497 e. The third-order valence-electron chi connectivity index (χ3n) is 5.45. The number of aliphatic hydroxyl groups is 1. The number of methoxy groups -OCH3 is 1. The Morgan fingerprint density at radius 1 is 1.19 bits per heavy atom. The van der Waals surface area contributed by atoms with Crippen molar-refractivity contribution in [3.05, 3.63) is 59.7 Å². The lowest BCUT2D eigenvalue weighted by atomic mass is 9.88. The molecule has 0 heterocycles. The maximum absolute atomic E-state index is 13.1. The van der Waals surface area contributed by atoms with E-state index in [1.54, 1.807) is 12.1 Å². The topological polar surface area (TPSA) is 125 Å². The van der Waals surface area contributed by atoms with Crippen molar-refractivity contribution >= 4 is 10.0 Å². The third-order valence-corrected chi connectivity index (χ3v) is 6.95. The van der Waals surface area contributed by atoms with Crippen LogP contribution < -0.4 is 15.2 Å². The summed E-state index contributed by atoms with van der Waals surface area (Å²) in [5, 5.41) is 19.5. The van der Waals surface area contributed by atoms with E-state index in [9.17, 15) is 13.5 Å². The second-order valence-corrected chi connectivity index (χ2v) is 10.5. The van der Waals surface area contributed by atoms with E-state index in [1.165, 1.54) is 13.2 Å². The van der Waals surface area contributed by atoms with Crippen LogP contribution in [0, 0.1) is 16.7 Å². The van der Waals surface area contributed by atoms with E-state index >= 15 is 0 Å². The maximum atomic E-state index is 13.1. The molecule has 2 aromatic rings. The molecule has 0 spiro atoms. The standard InChI is InChI=1S/C24H33N3O4S/c1-24(2,12-7-13-25)17-27-32(29,30)23-11-10-20(31-3)15-19(23)16-22(28)21(26)14-18-8-5-4-6-9-18/h4-6,8-11,15,21-22,27-28H,7,12,14,16-17,26H2,1-3H3. The number of nitrogens with zero attached hydrogens (tertiary/aromatic N) is 1. The number of nitrogens with two attached hydrogens (primary N) is 1. The Bertz CT molecular complexity index is 1020. The Hall–Kier alpha value is -2.44. The molecule has 2 atom stereocenters. The highest BCUT2D eigenvalue weighted by Gasteiger charge is 2.26. The maximum Gasteiger partial charge on any atom is 0.240 e. The van der Waals surface area contributed by atoms with Gasteiger partial charge < -0.3 is 15.6 Å². The van der Waals surface area contributed by atoms with Crippen molar-refractivity contribution in [2.24, 2.45) is 11.1 Å². The van der Waals surface area contributed by atoms with Gasteiger partial charge in [-0.1, -0.05) is 44.2 Å². The van der Waals surface area contributed by atoms with Crippen LogP contribution in [0.2, 0.25) is 0 Å². The molecule has 174 valence electrons. The summed E-state index contributed by atoms with van der Waals surface area (Å²) in [6, 6.07) is 15.8. The van der Waals surface area contributed by atoms with Gasteiger partial charge in [0.15, 0.2) is 0 Å². The molecule has 0 aliphatic rings. The van der Waals surface area contributed by atoms with Gasteiger partial charge in [-0.3, -0.25) is 0 Å². The fourth-order valence-corrected chi connectivity index (χ4v) is 4.83. The largest absolute Gasteiger partial charge is 0.497 e. The van der Waals surface area contributed by atoms with Crippen LogP contribution in [-0.4, -0.2) is 39.3 Å². The van der Waals surface area contributed by atoms with Gasteiger partial charge in [-0.05, 0) is 47.6 Å². The molecule has 0 radical (unpaired) electrons. The number of ether oxygens (including phenoxy) is 1. The van der Waals surface area contributed by atoms with Crippen LogP contribution in [0.1, 0.15) is 37.8 Å². The van der Waals surface area contributed by atoms with Gasteiger partial charge in [0.2, 0.25) is 10.0 Å². The highest BCUT2D eigenvalue weighted by Crippen LogP contribution is 2.26. The first kappa shape index (κ1) is 25.8. The molecule has 0 aromatic heterocycles. The fourth-order valence-electron chi connectivity index (χ4n) is 3.35. The molecule has 0 amide bonds.